The Morgan fingerprint density at radius 1 is 1.41 bits per heavy atom. The van der Waals surface area contributed by atoms with Gasteiger partial charge in [-0.2, -0.15) is 11.3 Å². The molecule has 0 bridgehead atoms. The van der Waals surface area contributed by atoms with Crippen LogP contribution in [0.2, 0.25) is 0 Å². The van der Waals surface area contributed by atoms with E-state index in [9.17, 15) is 4.39 Å². The molecule has 4 heteroatoms. The minimum absolute atomic E-state index is 0.173. The first kappa shape index (κ1) is 12.1. The molecule has 1 aromatic carbocycles. The second-order valence-electron chi connectivity index (χ2n) is 3.89. The van der Waals surface area contributed by atoms with Crippen LogP contribution in [-0.2, 0) is 6.61 Å². The lowest BCUT2D eigenvalue weighted by molar-refractivity contribution is 0.300. The predicted molar refractivity (Wildman–Crippen MR) is 67.7 cm³/mol. The molecule has 0 aliphatic rings. The van der Waals surface area contributed by atoms with Gasteiger partial charge in [0.05, 0.1) is 0 Å². The van der Waals surface area contributed by atoms with E-state index in [2.05, 4.69) is 0 Å². The summed E-state index contributed by atoms with van der Waals surface area (Å²) in [7, 11) is 0. The van der Waals surface area contributed by atoms with Crippen molar-refractivity contribution in [3.63, 3.8) is 0 Å². The molecule has 0 radical (unpaired) electrons. The van der Waals surface area contributed by atoms with Crippen molar-refractivity contribution in [3.05, 3.63) is 52.0 Å². The molecule has 0 saturated heterocycles. The van der Waals surface area contributed by atoms with Gasteiger partial charge in [0.25, 0.3) is 0 Å². The number of benzene rings is 1. The van der Waals surface area contributed by atoms with Crippen LogP contribution in [0.4, 0.5) is 4.39 Å². The van der Waals surface area contributed by atoms with Crippen molar-refractivity contribution in [2.45, 2.75) is 19.6 Å². The molecule has 0 spiro atoms. The van der Waals surface area contributed by atoms with Gasteiger partial charge in [0.2, 0.25) is 0 Å². The average molecular weight is 251 g/mol. The Balaban J connectivity index is 2.16. The monoisotopic (exact) mass is 251 g/mol. The second-order valence-corrected chi connectivity index (χ2v) is 4.67. The van der Waals surface area contributed by atoms with E-state index in [1.54, 1.807) is 17.4 Å². The lowest BCUT2D eigenvalue weighted by Crippen LogP contribution is -2.08. The number of rotatable bonds is 4. The molecule has 0 aliphatic heterocycles. The zero-order valence-electron chi connectivity index (χ0n) is 9.52. The van der Waals surface area contributed by atoms with E-state index in [1.807, 2.05) is 23.8 Å². The van der Waals surface area contributed by atoms with E-state index in [-0.39, 0.29) is 11.9 Å². The fourth-order valence-electron chi connectivity index (χ4n) is 1.55. The van der Waals surface area contributed by atoms with Crippen LogP contribution in [0.15, 0.2) is 35.0 Å². The Morgan fingerprint density at radius 3 is 2.88 bits per heavy atom. The molecule has 2 nitrogen and oxygen atoms in total. The van der Waals surface area contributed by atoms with Crippen LogP contribution in [-0.4, -0.2) is 0 Å². The molecule has 0 unspecified atom stereocenters. The van der Waals surface area contributed by atoms with Gasteiger partial charge in [-0.05, 0) is 35.4 Å². The maximum atomic E-state index is 13.2. The third-order valence-corrected chi connectivity index (χ3v) is 3.17. The third kappa shape index (κ3) is 3.05. The van der Waals surface area contributed by atoms with Crippen molar-refractivity contribution in [2.24, 2.45) is 5.73 Å². The molecule has 0 amide bonds. The lowest BCUT2D eigenvalue weighted by atomic mass is 10.1. The van der Waals surface area contributed by atoms with Gasteiger partial charge in [0.1, 0.15) is 18.2 Å². The zero-order valence-corrected chi connectivity index (χ0v) is 10.3. The normalized spacial score (nSPS) is 12.4. The molecular formula is C13H14FNOS. The number of thiophene rings is 1. The molecule has 1 atom stereocenters. The first-order valence-electron chi connectivity index (χ1n) is 5.35. The van der Waals surface area contributed by atoms with Crippen LogP contribution in [0.3, 0.4) is 0 Å². The predicted octanol–water partition coefficient (Wildman–Crippen LogP) is 3.49. The molecule has 0 aliphatic carbocycles. The highest BCUT2D eigenvalue weighted by Gasteiger charge is 2.09. The smallest absolute Gasteiger partial charge is 0.127 e. The Kier molecular flexibility index (Phi) is 3.76. The van der Waals surface area contributed by atoms with Crippen molar-refractivity contribution >= 4 is 11.3 Å². The lowest BCUT2D eigenvalue weighted by Gasteiger charge is -2.13. The Bertz CT molecular complexity index is 482. The van der Waals surface area contributed by atoms with Gasteiger partial charge in [0, 0.05) is 17.7 Å². The zero-order chi connectivity index (χ0) is 12.3. The van der Waals surface area contributed by atoms with Crippen molar-refractivity contribution in [3.8, 4) is 5.75 Å². The van der Waals surface area contributed by atoms with E-state index in [1.165, 1.54) is 12.1 Å². The number of hydrogen-bond donors (Lipinski definition) is 1. The largest absolute Gasteiger partial charge is 0.488 e. The van der Waals surface area contributed by atoms with Gasteiger partial charge in [-0.25, -0.2) is 4.39 Å². The molecule has 1 heterocycles. The highest BCUT2D eigenvalue weighted by molar-refractivity contribution is 7.07. The van der Waals surface area contributed by atoms with Crippen LogP contribution in [0.1, 0.15) is 24.1 Å². The minimum Gasteiger partial charge on any atom is -0.488 e. The van der Waals surface area contributed by atoms with E-state index >= 15 is 0 Å². The van der Waals surface area contributed by atoms with Gasteiger partial charge in [-0.1, -0.05) is 6.07 Å². The van der Waals surface area contributed by atoms with Gasteiger partial charge in [-0.15, -0.1) is 0 Å². The summed E-state index contributed by atoms with van der Waals surface area (Å²) in [4.78, 5) is 0. The standard InChI is InChI=1S/C13H14FNOS/c1-9(15)12-3-2-11(14)6-13(12)16-7-10-4-5-17-8-10/h2-6,8-9H,7,15H2,1H3/t9-/m0/s1. The summed E-state index contributed by atoms with van der Waals surface area (Å²) in [5.74, 6) is 0.209. The molecule has 2 rings (SSSR count). The van der Waals surface area contributed by atoms with Gasteiger partial charge >= 0.3 is 0 Å². The number of nitrogens with two attached hydrogens (primary N) is 1. The SMILES string of the molecule is C[C@H](N)c1ccc(F)cc1OCc1ccsc1. The summed E-state index contributed by atoms with van der Waals surface area (Å²) in [6, 6.07) is 6.26. The van der Waals surface area contributed by atoms with Crippen molar-refractivity contribution < 1.29 is 9.13 Å². The number of hydrogen-bond acceptors (Lipinski definition) is 3. The Labute approximate surface area is 104 Å². The first-order chi connectivity index (χ1) is 8.16. The third-order valence-electron chi connectivity index (χ3n) is 2.44. The van der Waals surface area contributed by atoms with E-state index < -0.39 is 0 Å². The van der Waals surface area contributed by atoms with E-state index in [0.29, 0.717) is 12.4 Å². The van der Waals surface area contributed by atoms with E-state index in [0.717, 1.165) is 11.1 Å². The molecule has 1 aromatic heterocycles. The van der Waals surface area contributed by atoms with Crippen LogP contribution < -0.4 is 10.5 Å². The van der Waals surface area contributed by atoms with Gasteiger partial charge in [-0.3, -0.25) is 0 Å². The quantitative estimate of drug-likeness (QED) is 0.902. The summed E-state index contributed by atoms with van der Waals surface area (Å²) in [6.45, 7) is 2.29. The fraction of sp³-hybridized carbons (Fsp3) is 0.231. The van der Waals surface area contributed by atoms with Crippen molar-refractivity contribution in [1.29, 1.82) is 0 Å². The maximum Gasteiger partial charge on any atom is 0.127 e. The Hall–Kier alpha value is -1.39. The maximum absolute atomic E-state index is 13.2. The topological polar surface area (TPSA) is 35.2 Å². The molecular weight excluding hydrogens is 237 g/mol. The summed E-state index contributed by atoms with van der Waals surface area (Å²) in [5.41, 5.74) is 7.71. The first-order valence-corrected chi connectivity index (χ1v) is 6.30. The molecule has 17 heavy (non-hydrogen) atoms. The van der Waals surface area contributed by atoms with Gasteiger partial charge in [0.15, 0.2) is 0 Å². The van der Waals surface area contributed by atoms with Crippen LogP contribution >= 0.6 is 11.3 Å². The average Bonchev–Trinajstić information content (AvgIpc) is 2.78. The van der Waals surface area contributed by atoms with Crippen LogP contribution in [0, 0.1) is 5.82 Å². The highest BCUT2D eigenvalue weighted by atomic mass is 32.1. The molecule has 0 fully saturated rings. The highest BCUT2D eigenvalue weighted by Crippen LogP contribution is 2.25. The second kappa shape index (κ2) is 5.29. The van der Waals surface area contributed by atoms with Crippen molar-refractivity contribution in [1.82, 2.24) is 0 Å². The summed E-state index contributed by atoms with van der Waals surface area (Å²) < 4.78 is 18.8. The fourth-order valence-corrected chi connectivity index (χ4v) is 2.20. The molecule has 90 valence electrons. The summed E-state index contributed by atoms with van der Waals surface area (Å²) in [6.07, 6.45) is 0. The summed E-state index contributed by atoms with van der Waals surface area (Å²) >= 11 is 1.61. The van der Waals surface area contributed by atoms with Gasteiger partial charge < -0.3 is 10.5 Å². The minimum atomic E-state index is -0.310. The molecule has 2 N–H and O–H groups in total. The summed E-state index contributed by atoms with van der Waals surface area (Å²) in [5, 5.41) is 3.99. The Morgan fingerprint density at radius 2 is 2.24 bits per heavy atom. The molecule has 2 aromatic rings. The van der Waals surface area contributed by atoms with Crippen LogP contribution in [0.5, 0.6) is 5.75 Å². The van der Waals surface area contributed by atoms with E-state index in [4.69, 9.17) is 10.5 Å². The number of halogens is 1. The molecule has 0 saturated carbocycles. The number of ether oxygens (including phenoxy) is 1. The van der Waals surface area contributed by atoms with Crippen molar-refractivity contribution in [2.75, 3.05) is 0 Å². The van der Waals surface area contributed by atoms with Crippen LogP contribution in [0.25, 0.3) is 0 Å².